The number of carbonyl (C=O) groups excluding carboxylic acids is 2. The zero-order valence-corrected chi connectivity index (χ0v) is 10.6. The Labute approximate surface area is 112 Å². The maximum absolute atomic E-state index is 12.2. The first kappa shape index (κ1) is 12.0. The van der Waals surface area contributed by atoms with Gasteiger partial charge in [-0.2, -0.15) is 0 Å². The van der Waals surface area contributed by atoms with Gasteiger partial charge in [-0.05, 0) is 25.0 Å². The van der Waals surface area contributed by atoms with Crippen LogP contribution >= 0.6 is 0 Å². The summed E-state index contributed by atoms with van der Waals surface area (Å²) in [5.74, 6) is -0.365. The number of imide groups is 1. The van der Waals surface area contributed by atoms with E-state index in [-0.39, 0.29) is 30.3 Å². The number of hydrogen-bond donors (Lipinski definition) is 1. The highest BCUT2D eigenvalue weighted by Gasteiger charge is 2.46. The van der Waals surface area contributed by atoms with E-state index in [1.54, 1.807) is 0 Å². The molecule has 1 N–H and O–H groups in total. The van der Waals surface area contributed by atoms with Crippen LogP contribution in [0.3, 0.4) is 0 Å². The second kappa shape index (κ2) is 4.88. The summed E-state index contributed by atoms with van der Waals surface area (Å²) in [4.78, 5) is 25.8. The number of carbonyl (C=O) groups is 2. The minimum atomic E-state index is -0.143. The highest BCUT2D eigenvalue weighted by molar-refractivity contribution is 6.05. The van der Waals surface area contributed by atoms with Crippen molar-refractivity contribution in [2.24, 2.45) is 11.8 Å². The molecule has 1 aromatic rings. The second-order valence-corrected chi connectivity index (χ2v) is 4.96. The van der Waals surface area contributed by atoms with Gasteiger partial charge in [0.1, 0.15) is 0 Å². The fraction of sp³-hybridized carbons (Fsp3) is 0.333. The normalized spacial score (nSPS) is 25.6. The molecule has 1 aliphatic carbocycles. The molecule has 19 heavy (non-hydrogen) atoms. The van der Waals surface area contributed by atoms with E-state index >= 15 is 0 Å². The summed E-state index contributed by atoms with van der Waals surface area (Å²) in [6, 6.07) is 9.59. The van der Waals surface area contributed by atoms with Crippen molar-refractivity contribution in [3.05, 3.63) is 42.5 Å². The van der Waals surface area contributed by atoms with Crippen molar-refractivity contribution in [3.63, 3.8) is 0 Å². The lowest BCUT2D eigenvalue weighted by molar-refractivity contribution is -0.139. The third kappa shape index (κ3) is 2.14. The molecule has 1 heterocycles. The van der Waals surface area contributed by atoms with E-state index in [0.717, 1.165) is 5.69 Å². The third-order valence-electron chi connectivity index (χ3n) is 3.81. The minimum absolute atomic E-state index is 0.0391. The van der Waals surface area contributed by atoms with Gasteiger partial charge in [0, 0.05) is 5.69 Å². The number of fused-ring (bicyclic) bond motifs is 1. The number of likely N-dealkylation sites (tertiary alicyclic amines) is 1. The Hall–Kier alpha value is -2.10. The van der Waals surface area contributed by atoms with E-state index in [1.165, 1.54) is 4.90 Å². The van der Waals surface area contributed by atoms with Crippen molar-refractivity contribution in [3.8, 4) is 0 Å². The van der Waals surface area contributed by atoms with Crippen LogP contribution in [0.1, 0.15) is 12.8 Å². The van der Waals surface area contributed by atoms with Crippen molar-refractivity contribution in [2.45, 2.75) is 12.8 Å². The van der Waals surface area contributed by atoms with Crippen molar-refractivity contribution in [1.82, 2.24) is 4.90 Å². The van der Waals surface area contributed by atoms with Crippen LogP contribution in [0, 0.1) is 11.8 Å². The molecule has 0 saturated carbocycles. The van der Waals surface area contributed by atoms with Gasteiger partial charge in [0.2, 0.25) is 11.8 Å². The topological polar surface area (TPSA) is 49.4 Å². The second-order valence-electron chi connectivity index (χ2n) is 4.96. The number of nitrogens with zero attached hydrogens (tertiary/aromatic N) is 1. The molecule has 0 radical (unpaired) electrons. The molecule has 0 aromatic heterocycles. The van der Waals surface area contributed by atoms with Crippen LogP contribution in [0.5, 0.6) is 0 Å². The number of anilines is 1. The van der Waals surface area contributed by atoms with E-state index in [1.807, 2.05) is 42.5 Å². The largest absolute Gasteiger partial charge is 0.367 e. The van der Waals surface area contributed by atoms with Gasteiger partial charge in [-0.3, -0.25) is 14.5 Å². The Kier molecular flexibility index (Phi) is 3.07. The molecule has 2 amide bonds. The Morgan fingerprint density at radius 1 is 1.00 bits per heavy atom. The predicted molar refractivity (Wildman–Crippen MR) is 72.1 cm³/mol. The highest BCUT2D eigenvalue weighted by atomic mass is 16.2. The first-order valence-electron chi connectivity index (χ1n) is 6.56. The molecule has 2 atom stereocenters. The average molecular weight is 256 g/mol. The third-order valence-corrected chi connectivity index (χ3v) is 3.81. The van der Waals surface area contributed by atoms with Crippen LogP contribution in [0.2, 0.25) is 0 Å². The maximum Gasteiger partial charge on any atom is 0.234 e. The molecule has 3 rings (SSSR count). The molecule has 98 valence electrons. The van der Waals surface area contributed by atoms with Gasteiger partial charge < -0.3 is 5.32 Å². The molecule has 0 unspecified atom stereocenters. The number of amides is 2. The Bertz CT molecular complexity index is 498. The molecule has 0 bridgehead atoms. The molecular formula is C15H16N2O2. The number of hydrogen-bond acceptors (Lipinski definition) is 3. The Morgan fingerprint density at radius 3 is 2.16 bits per heavy atom. The van der Waals surface area contributed by atoms with Crippen LogP contribution in [-0.4, -0.2) is 23.4 Å². The Balaban J connectivity index is 1.69. The van der Waals surface area contributed by atoms with Crippen molar-refractivity contribution >= 4 is 17.5 Å². The van der Waals surface area contributed by atoms with E-state index in [4.69, 9.17) is 0 Å². The lowest BCUT2D eigenvalue weighted by atomic mass is 9.85. The van der Waals surface area contributed by atoms with Gasteiger partial charge in [-0.1, -0.05) is 30.4 Å². The van der Waals surface area contributed by atoms with E-state index < -0.39 is 0 Å². The predicted octanol–water partition coefficient (Wildman–Crippen LogP) is 2.01. The fourth-order valence-electron chi connectivity index (χ4n) is 2.75. The number of allylic oxidation sites excluding steroid dienone is 2. The molecule has 2 aliphatic rings. The first-order chi connectivity index (χ1) is 9.27. The SMILES string of the molecule is O=C1[C@@H]2CC=CC[C@H]2C(=O)N1CNc1ccccc1. The fourth-order valence-corrected chi connectivity index (χ4v) is 2.75. The molecular weight excluding hydrogens is 240 g/mol. The van der Waals surface area contributed by atoms with Crippen LogP contribution in [0.15, 0.2) is 42.5 Å². The smallest absolute Gasteiger partial charge is 0.234 e. The lowest BCUT2D eigenvalue weighted by Crippen LogP contribution is -2.35. The van der Waals surface area contributed by atoms with Crippen LogP contribution in [0.25, 0.3) is 0 Å². The summed E-state index contributed by atoms with van der Waals surface area (Å²) < 4.78 is 0. The summed E-state index contributed by atoms with van der Waals surface area (Å²) in [6.45, 7) is 0.259. The lowest BCUT2D eigenvalue weighted by Gasteiger charge is -2.16. The molecule has 4 nitrogen and oxygen atoms in total. The standard InChI is InChI=1S/C15H16N2O2/c18-14-12-8-4-5-9-13(12)15(19)17(14)10-16-11-6-2-1-3-7-11/h1-7,12-13,16H,8-10H2/t12-,13-/m1/s1. The minimum Gasteiger partial charge on any atom is -0.367 e. The van der Waals surface area contributed by atoms with E-state index in [9.17, 15) is 9.59 Å². The quantitative estimate of drug-likeness (QED) is 0.665. The number of benzene rings is 1. The van der Waals surface area contributed by atoms with Gasteiger partial charge in [0.25, 0.3) is 0 Å². The summed E-state index contributed by atoms with van der Waals surface area (Å²) >= 11 is 0. The molecule has 1 aromatic carbocycles. The summed E-state index contributed by atoms with van der Waals surface area (Å²) in [7, 11) is 0. The summed E-state index contributed by atoms with van der Waals surface area (Å²) in [6.07, 6.45) is 5.38. The van der Waals surface area contributed by atoms with Gasteiger partial charge in [0.05, 0.1) is 18.5 Å². The molecule has 1 aliphatic heterocycles. The zero-order valence-electron chi connectivity index (χ0n) is 10.6. The monoisotopic (exact) mass is 256 g/mol. The van der Waals surface area contributed by atoms with Gasteiger partial charge >= 0.3 is 0 Å². The van der Waals surface area contributed by atoms with E-state index in [0.29, 0.717) is 12.8 Å². The molecule has 4 heteroatoms. The maximum atomic E-state index is 12.2. The zero-order chi connectivity index (χ0) is 13.2. The van der Waals surface area contributed by atoms with Crippen molar-refractivity contribution < 1.29 is 9.59 Å². The number of nitrogens with one attached hydrogen (secondary N) is 1. The number of para-hydroxylation sites is 1. The Morgan fingerprint density at radius 2 is 1.58 bits per heavy atom. The van der Waals surface area contributed by atoms with Crippen LogP contribution in [0.4, 0.5) is 5.69 Å². The average Bonchev–Trinajstić information content (AvgIpc) is 2.71. The summed E-state index contributed by atoms with van der Waals surface area (Å²) in [5, 5.41) is 3.12. The van der Waals surface area contributed by atoms with Crippen LogP contribution in [-0.2, 0) is 9.59 Å². The van der Waals surface area contributed by atoms with E-state index in [2.05, 4.69) is 5.32 Å². The van der Waals surface area contributed by atoms with Gasteiger partial charge in [0.15, 0.2) is 0 Å². The van der Waals surface area contributed by atoms with Crippen molar-refractivity contribution in [2.75, 3.05) is 12.0 Å². The molecule has 1 fully saturated rings. The van der Waals surface area contributed by atoms with Gasteiger partial charge in [-0.15, -0.1) is 0 Å². The van der Waals surface area contributed by atoms with Gasteiger partial charge in [-0.25, -0.2) is 0 Å². The summed E-state index contributed by atoms with van der Waals surface area (Å²) in [5.41, 5.74) is 0.913. The molecule has 1 saturated heterocycles. The number of rotatable bonds is 3. The van der Waals surface area contributed by atoms with Crippen molar-refractivity contribution in [1.29, 1.82) is 0 Å². The van der Waals surface area contributed by atoms with Crippen LogP contribution < -0.4 is 5.32 Å². The first-order valence-corrected chi connectivity index (χ1v) is 6.56. The molecule has 0 spiro atoms. The highest BCUT2D eigenvalue weighted by Crippen LogP contribution is 2.34.